The summed E-state index contributed by atoms with van der Waals surface area (Å²) in [7, 11) is 0. The first-order valence-electron chi connectivity index (χ1n) is 5.86. The average Bonchev–Trinajstić information content (AvgIpc) is 2.84. The molecule has 2 aromatic rings. The lowest BCUT2D eigenvalue weighted by Crippen LogP contribution is -2.08. The van der Waals surface area contributed by atoms with Crippen molar-refractivity contribution in [2.24, 2.45) is 5.73 Å². The van der Waals surface area contributed by atoms with Gasteiger partial charge in [0, 0.05) is 31.0 Å². The van der Waals surface area contributed by atoms with Crippen LogP contribution >= 0.6 is 11.6 Å². The standard InChI is InChI=1S/C13H16ClN3O/c1-2-17-7-6-16-12(17)9-18-13-10(8-15)4-3-5-11(13)14/h3-7H,2,8-9,15H2,1H3. The molecule has 0 fully saturated rings. The number of para-hydroxylation sites is 1. The fourth-order valence-electron chi connectivity index (χ4n) is 1.78. The highest BCUT2D eigenvalue weighted by Gasteiger charge is 2.09. The SMILES string of the molecule is CCn1ccnc1COc1c(Cl)cccc1CN. The van der Waals surface area contributed by atoms with Gasteiger partial charge in [-0.1, -0.05) is 23.7 Å². The molecule has 0 unspecified atom stereocenters. The van der Waals surface area contributed by atoms with Gasteiger partial charge in [0.05, 0.1) is 5.02 Å². The van der Waals surface area contributed by atoms with E-state index in [0.29, 0.717) is 23.9 Å². The molecule has 0 spiro atoms. The molecule has 0 saturated carbocycles. The monoisotopic (exact) mass is 265 g/mol. The number of hydrogen-bond acceptors (Lipinski definition) is 3. The molecule has 1 aromatic heterocycles. The molecule has 1 aromatic carbocycles. The lowest BCUT2D eigenvalue weighted by atomic mass is 10.2. The Morgan fingerprint density at radius 3 is 3.00 bits per heavy atom. The van der Waals surface area contributed by atoms with Gasteiger partial charge in [0.25, 0.3) is 0 Å². The third-order valence-electron chi connectivity index (χ3n) is 2.76. The Bertz CT molecular complexity index is 525. The van der Waals surface area contributed by atoms with E-state index in [-0.39, 0.29) is 0 Å². The highest BCUT2D eigenvalue weighted by Crippen LogP contribution is 2.28. The number of aromatic nitrogens is 2. The van der Waals surface area contributed by atoms with Gasteiger partial charge >= 0.3 is 0 Å². The summed E-state index contributed by atoms with van der Waals surface area (Å²) in [5.41, 5.74) is 6.57. The van der Waals surface area contributed by atoms with Crippen LogP contribution in [-0.4, -0.2) is 9.55 Å². The van der Waals surface area contributed by atoms with Gasteiger partial charge in [-0.25, -0.2) is 4.98 Å². The number of ether oxygens (including phenoxy) is 1. The maximum absolute atomic E-state index is 6.11. The Morgan fingerprint density at radius 2 is 2.28 bits per heavy atom. The van der Waals surface area contributed by atoms with Crippen LogP contribution < -0.4 is 10.5 Å². The van der Waals surface area contributed by atoms with Crippen LogP contribution in [0.1, 0.15) is 18.3 Å². The second-order valence-corrected chi connectivity index (χ2v) is 4.26. The number of rotatable bonds is 5. The minimum atomic E-state index is 0.386. The van der Waals surface area contributed by atoms with Crippen molar-refractivity contribution in [3.63, 3.8) is 0 Å². The third-order valence-corrected chi connectivity index (χ3v) is 3.05. The zero-order valence-corrected chi connectivity index (χ0v) is 11.0. The van der Waals surface area contributed by atoms with Gasteiger partial charge in [-0.2, -0.15) is 0 Å². The van der Waals surface area contributed by atoms with E-state index in [9.17, 15) is 0 Å². The molecule has 0 saturated heterocycles. The number of halogens is 1. The summed E-state index contributed by atoms with van der Waals surface area (Å²) in [4.78, 5) is 4.25. The normalized spacial score (nSPS) is 10.6. The van der Waals surface area contributed by atoms with E-state index in [1.165, 1.54) is 0 Å². The van der Waals surface area contributed by atoms with Gasteiger partial charge in [0.1, 0.15) is 18.2 Å². The minimum absolute atomic E-state index is 0.386. The summed E-state index contributed by atoms with van der Waals surface area (Å²) in [5, 5.41) is 0.576. The predicted molar refractivity (Wildman–Crippen MR) is 71.6 cm³/mol. The fourth-order valence-corrected chi connectivity index (χ4v) is 2.03. The van der Waals surface area contributed by atoms with Gasteiger partial charge < -0.3 is 15.0 Å². The lowest BCUT2D eigenvalue weighted by Gasteiger charge is -2.12. The second kappa shape index (κ2) is 5.89. The van der Waals surface area contributed by atoms with Crippen LogP contribution in [-0.2, 0) is 19.7 Å². The molecule has 0 aliphatic carbocycles. The number of aryl methyl sites for hydroxylation is 1. The smallest absolute Gasteiger partial charge is 0.146 e. The molecule has 0 bridgehead atoms. The third kappa shape index (κ3) is 2.66. The van der Waals surface area contributed by atoms with Crippen molar-refractivity contribution in [2.75, 3.05) is 0 Å². The number of nitrogens with two attached hydrogens (primary N) is 1. The Morgan fingerprint density at radius 1 is 1.44 bits per heavy atom. The van der Waals surface area contributed by atoms with Crippen molar-refractivity contribution in [2.45, 2.75) is 26.6 Å². The van der Waals surface area contributed by atoms with Crippen molar-refractivity contribution < 1.29 is 4.74 Å². The van der Waals surface area contributed by atoms with E-state index in [1.54, 1.807) is 12.3 Å². The van der Waals surface area contributed by atoms with Crippen LogP contribution in [0.2, 0.25) is 5.02 Å². The molecule has 0 aliphatic heterocycles. The quantitative estimate of drug-likeness (QED) is 0.904. The van der Waals surface area contributed by atoms with Gasteiger partial charge in [-0.15, -0.1) is 0 Å². The molecular weight excluding hydrogens is 250 g/mol. The number of benzene rings is 1. The first kappa shape index (κ1) is 12.9. The molecule has 0 aliphatic rings. The molecule has 0 radical (unpaired) electrons. The van der Waals surface area contributed by atoms with Gasteiger partial charge in [-0.3, -0.25) is 0 Å². The maximum Gasteiger partial charge on any atom is 0.146 e. The summed E-state index contributed by atoms with van der Waals surface area (Å²) in [5.74, 6) is 1.52. The fraction of sp³-hybridized carbons (Fsp3) is 0.308. The summed E-state index contributed by atoms with van der Waals surface area (Å²) in [6.07, 6.45) is 3.69. The molecule has 2 rings (SSSR count). The van der Waals surface area contributed by atoms with Crippen LogP contribution in [0.3, 0.4) is 0 Å². The van der Waals surface area contributed by atoms with E-state index < -0.39 is 0 Å². The molecule has 2 N–H and O–H groups in total. The van der Waals surface area contributed by atoms with Gasteiger partial charge in [-0.05, 0) is 13.0 Å². The average molecular weight is 266 g/mol. The number of nitrogens with zero attached hydrogens (tertiary/aromatic N) is 2. The van der Waals surface area contributed by atoms with Gasteiger partial charge in [0.15, 0.2) is 0 Å². The van der Waals surface area contributed by atoms with E-state index >= 15 is 0 Å². The summed E-state index contributed by atoms with van der Waals surface area (Å²) < 4.78 is 7.78. The van der Waals surface area contributed by atoms with Crippen LogP contribution in [0.5, 0.6) is 5.75 Å². The molecule has 96 valence electrons. The number of hydrogen-bond donors (Lipinski definition) is 1. The van der Waals surface area contributed by atoms with Crippen molar-refractivity contribution in [1.29, 1.82) is 0 Å². The van der Waals surface area contributed by atoms with Crippen molar-refractivity contribution >= 4 is 11.6 Å². The molecular formula is C13H16ClN3O. The molecule has 1 heterocycles. The topological polar surface area (TPSA) is 53.1 Å². The number of imidazole rings is 1. The summed E-state index contributed by atoms with van der Waals surface area (Å²) >= 11 is 6.11. The zero-order chi connectivity index (χ0) is 13.0. The van der Waals surface area contributed by atoms with Crippen LogP contribution in [0.4, 0.5) is 0 Å². The molecule has 5 heteroatoms. The summed E-state index contributed by atoms with van der Waals surface area (Å²) in [6.45, 7) is 3.71. The molecule has 0 atom stereocenters. The Kier molecular flexibility index (Phi) is 4.23. The van der Waals surface area contributed by atoms with Crippen LogP contribution in [0.25, 0.3) is 0 Å². The summed E-state index contributed by atoms with van der Waals surface area (Å²) in [6, 6.07) is 5.57. The molecule has 0 amide bonds. The second-order valence-electron chi connectivity index (χ2n) is 3.85. The Balaban J connectivity index is 2.15. The lowest BCUT2D eigenvalue weighted by molar-refractivity contribution is 0.287. The highest BCUT2D eigenvalue weighted by atomic mass is 35.5. The largest absolute Gasteiger partial charge is 0.484 e. The van der Waals surface area contributed by atoms with E-state index in [2.05, 4.69) is 11.9 Å². The van der Waals surface area contributed by atoms with E-state index in [0.717, 1.165) is 17.9 Å². The van der Waals surface area contributed by atoms with Crippen LogP contribution in [0.15, 0.2) is 30.6 Å². The van der Waals surface area contributed by atoms with Crippen molar-refractivity contribution in [3.05, 3.63) is 47.0 Å². The molecule has 4 nitrogen and oxygen atoms in total. The zero-order valence-electron chi connectivity index (χ0n) is 10.3. The minimum Gasteiger partial charge on any atom is -0.484 e. The first-order valence-corrected chi connectivity index (χ1v) is 6.24. The predicted octanol–water partition coefficient (Wildman–Crippen LogP) is 2.59. The highest BCUT2D eigenvalue weighted by molar-refractivity contribution is 6.32. The van der Waals surface area contributed by atoms with Crippen LogP contribution in [0, 0.1) is 0 Å². The molecule has 18 heavy (non-hydrogen) atoms. The van der Waals surface area contributed by atoms with Gasteiger partial charge in [0.2, 0.25) is 0 Å². The van der Waals surface area contributed by atoms with E-state index in [4.69, 9.17) is 22.1 Å². The Hall–Kier alpha value is -1.52. The maximum atomic E-state index is 6.11. The van der Waals surface area contributed by atoms with Crippen molar-refractivity contribution in [3.8, 4) is 5.75 Å². The first-order chi connectivity index (χ1) is 8.76. The Labute approximate surface area is 111 Å². The van der Waals surface area contributed by atoms with Crippen molar-refractivity contribution in [1.82, 2.24) is 9.55 Å². The van der Waals surface area contributed by atoms with E-state index in [1.807, 2.05) is 22.9 Å².